The van der Waals surface area contributed by atoms with Crippen LogP contribution < -0.4 is 4.74 Å². The molecule has 4 aromatic rings. The van der Waals surface area contributed by atoms with E-state index in [1.165, 1.54) is 9.36 Å². The summed E-state index contributed by atoms with van der Waals surface area (Å²) in [7, 11) is 1.55. The Bertz CT molecular complexity index is 1130. The maximum Gasteiger partial charge on any atom is 0.435 e. The maximum atomic E-state index is 13.3. The molecule has 0 fully saturated rings. The lowest BCUT2D eigenvalue weighted by molar-refractivity contribution is -0.141. The van der Waals surface area contributed by atoms with Gasteiger partial charge in [-0.2, -0.15) is 23.4 Å². The third kappa shape index (κ3) is 3.49. The van der Waals surface area contributed by atoms with E-state index in [0.717, 1.165) is 21.5 Å². The molecule has 0 aliphatic heterocycles. The predicted octanol–water partition coefficient (Wildman–Crippen LogP) is 5.06. The molecular weight excluding hydrogens is 437 g/mol. The Kier molecular flexibility index (Phi) is 4.62. The van der Waals surface area contributed by atoms with Crippen LogP contribution in [0.1, 0.15) is 11.3 Å². The van der Waals surface area contributed by atoms with E-state index in [0.29, 0.717) is 11.3 Å². The zero-order chi connectivity index (χ0) is 19.9. The number of hydrogen-bond acceptors (Lipinski definition) is 3. The molecule has 0 saturated heterocycles. The first-order chi connectivity index (χ1) is 13.3. The van der Waals surface area contributed by atoms with E-state index in [1.807, 2.05) is 12.1 Å². The van der Waals surface area contributed by atoms with E-state index in [4.69, 9.17) is 4.74 Å². The Labute approximate surface area is 166 Å². The van der Waals surface area contributed by atoms with E-state index in [-0.39, 0.29) is 12.4 Å². The average molecular weight is 451 g/mol. The molecule has 0 atom stereocenters. The number of methoxy groups -OCH3 is 1. The summed E-state index contributed by atoms with van der Waals surface area (Å²) in [6.07, 6.45) is -2.87. The highest BCUT2D eigenvalue weighted by Gasteiger charge is 2.35. The van der Waals surface area contributed by atoms with Crippen LogP contribution in [0, 0.1) is 0 Å². The standard InChI is InChI=1S/C19H14BrF3N4O/c1-28-13-7-5-12(6-8-13)10-26-18(9-17(25-26)19(21,22)23)27-11-14-15(20)3-2-4-16(14)24-27/h2-9,11H,10H2,1H3. The summed E-state index contributed by atoms with van der Waals surface area (Å²) in [5, 5.41) is 8.98. The summed E-state index contributed by atoms with van der Waals surface area (Å²) in [6, 6.07) is 13.5. The maximum absolute atomic E-state index is 13.3. The van der Waals surface area contributed by atoms with Crippen LogP contribution in [-0.4, -0.2) is 26.7 Å². The van der Waals surface area contributed by atoms with Gasteiger partial charge in [-0.05, 0) is 29.8 Å². The van der Waals surface area contributed by atoms with Crippen molar-refractivity contribution in [2.75, 3.05) is 7.11 Å². The topological polar surface area (TPSA) is 44.9 Å². The van der Waals surface area contributed by atoms with Crippen molar-refractivity contribution < 1.29 is 17.9 Å². The zero-order valence-corrected chi connectivity index (χ0v) is 16.2. The summed E-state index contributed by atoms with van der Waals surface area (Å²) in [5.74, 6) is 0.898. The number of alkyl halides is 3. The number of ether oxygens (including phenoxy) is 1. The molecular formula is C19H14BrF3N4O. The fourth-order valence-electron chi connectivity index (χ4n) is 2.88. The van der Waals surface area contributed by atoms with Gasteiger partial charge in [0.1, 0.15) is 5.75 Å². The number of aromatic nitrogens is 4. The van der Waals surface area contributed by atoms with Gasteiger partial charge in [-0.1, -0.05) is 34.1 Å². The highest BCUT2D eigenvalue weighted by molar-refractivity contribution is 9.10. The van der Waals surface area contributed by atoms with Crippen molar-refractivity contribution in [3.63, 3.8) is 0 Å². The third-order valence-corrected chi connectivity index (χ3v) is 4.96. The van der Waals surface area contributed by atoms with Gasteiger partial charge < -0.3 is 4.74 Å². The molecule has 2 aromatic heterocycles. The van der Waals surface area contributed by atoms with Gasteiger partial charge in [0.25, 0.3) is 0 Å². The van der Waals surface area contributed by atoms with Gasteiger partial charge >= 0.3 is 6.18 Å². The third-order valence-electron chi connectivity index (χ3n) is 4.27. The quantitative estimate of drug-likeness (QED) is 0.436. The Hall–Kier alpha value is -2.81. The fourth-order valence-corrected chi connectivity index (χ4v) is 3.33. The molecule has 0 N–H and O–H groups in total. The molecule has 0 amide bonds. The highest BCUT2D eigenvalue weighted by atomic mass is 79.9. The number of halogens is 4. The van der Waals surface area contributed by atoms with Crippen LogP contribution in [0.3, 0.4) is 0 Å². The Morgan fingerprint density at radius 2 is 1.82 bits per heavy atom. The van der Waals surface area contributed by atoms with Crippen molar-refractivity contribution in [2.45, 2.75) is 12.7 Å². The van der Waals surface area contributed by atoms with Crippen LogP contribution in [0.2, 0.25) is 0 Å². The molecule has 0 spiro atoms. The number of rotatable bonds is 4. The molecule has 0 unspecified atom stereocenters. The average Bonchev–Trinajstić information content (AvgIpc) is 3.27. The largest absolute Gasteiger partial charge is 0.497 e. The van der Waals surface area contributed by atoms with Crippen molar-refractivity contribution >= 4 is 26.8 Å². The van der Waals surface area contributed by atoms with Crippen molar-refractivity contribution in [1.29, 1.82) is 0 Å². The van der Waals surface area contributed by atoms with Gasteiger partial charge in [-0.25, -0.2) is 9.36 Å². The van der Waals surface area contributed by atoms with Crippen LogP contribution in [-0.2, 0) is 12.7 Å². The lowest BCUT2D eigenvalue weighted by Gasteiger charge is -2.08. The van der Waals surface area contributed by atoms with E-state index in [1.54, 1.807) is 43.6 Å². The molecule has 0 saturated carbocycles. The van der Waals surface area contributed by atoms with E-state index in [2.05, 4.69) is 26.1 Å². The zero-order valence-electron chi connectivity index (χ0n) is 14.6. The molecule has 144 valence electrons. The first-order valence-electron chi connectivity index (χ1n) is 8.27. The molecule has 9 heteroatoms. The second-order valence-electron chi connectivity index (χ2n) is 6.14. The van der Waals surface area contributed by atoms with Crippen molar-refractivity contribution in [2.24, 2.45) is 0 Å². The minimum Gasteiger partial charge on any atom is -0.497 e. The lowest BCUT2D eigenvalue weighted by atomic mass is 10.2. The van der Waals surface area contributed by atoms with Gasteiger partial charge in [-0.3, -0.25) is 0 Å². The lowest BCUT2D eigenvalue weighted by Crippen LogP contribution is -2.11. The molecule has 0 radical (unpaired) electrons. The predicted molar refractivity (Wildman–Crippen MR) is 102 cm³/mol. The van der Waals surface area contributed by atoms with Gasteiger partial charge in [0.15, 0.2) is 11.5 Å². The van der Waals surface area contributed by atoms with Gasteiger partial charge in [-0.15, -0.1) is 0 Å². The minimum absolute atomic E-state index is 0.160. The Morgan fingerprint density at radius 1 is 1.07 bits per heavy atom. The molecule has 0 bridgehead atoms. The van der Waals surface area contributed by atoms with Crippen LogP contribution in [0.5, 0.6) is 5.75 Å². The Balaban J connectivity index is 1.80. The van der Waals surface area contributed by atoms with Gasteiger partial charge in [0.2, 0.25) is 0 Å². The van der Waals surface area contributed by atoms with E-state index < -0.39 is 11.9 Å². The van der Waals surface area contributed by atoms with Gasteiger partial charge in [0, 0.05) is 22.1 Å². The molecule has 0 aliphatic carbocycles. The summed E-state index contributed by atoms with van der Waals surface area (Å²) < 4.78 is 48.5. The van der Waals surface area contributed by atoms with Crippen LogP contribution >= 0.6 is 15.9 Å². The van der Waals surface area contributed by atoms with Crippen LogP contribution in [0.4, 0.5) is 13.2 Å². The number of nitrogens with zero attached hydrogens (tertiary/aromatic N) is 4. The molecule has 0 aliphatic rings. The number of benzene rings is 2. The first kappa shape index (κ1) is 18.5. The van der Waals surface area contributed by atoms with E-state index >= 15 is 0 Å². The summed E-state index contributed by atoms with van der Waals surface area (Å²) in [5.41, 5.74) is 0.492. The fraction of sp³-hybridized carbons (Fsp3) is 0.158. The molecule has 2 heterocycles. The second-order valence-corrected chi connectivity index (χ2v) is 6.99. The molecule has 2 aromatic carbocycles. The molecule has 5 nitrogen and oxygen atoms in total. The smallest absolute Gasteiger partial charge is 0.435 e. The van der Waals surface area contributed by atoms with Crippen LogP contribution in [0.15, 0.2) is 59.2 Å². The molecule has 4 rings (SSSR count). The normalized spacial score (nSPS) is 11.9. The van der Waals surface area contributed by atoms with Crippen molar-refractivity contribution in [1.82, 2.24) is 19.6 Å². The van der Waals surface area contributed by atoms with Gasteiger partial charge in [0.05, 0.1) is 19.2 Å². The monoisotopic (exact) mass is 450 g/mol. The van der Waals surface area contributed by atoms with Crippen molar-refractivity contribution in [3.8, 4) is 11.6 Å². The minimum atomic E-state index is -4.55. The number of hydrogen-bond donors (Lipinski definition) is 0. The van der Waals surface area contributed by atoms with E-state index in [9.17, 15) is 13.2 Å². The Morgan fingerprint density at radius 3 is 2.46 bits per heavy atom. The summed E-state index contributed by atoms with van der Waals surface area (Å²) in [4.78, 5) is 0. The first-order valence-corrected chi connectivity index (χ1v) is 9.07. The molecule has 28 heavy (non-hydrogen) atoms. The highest BCUT2D eigenvalue weighted by Crippen LogP contribution is 2.31. The SMILES string of the molecule is COc1ccc(Cn2nc(C(F)(F)F)cc2-n2cc3c(Br)cccc3n2)cc1. The number of fused-ring (bicyclic) bond motifs is 1. The summed E-state index contributed by atoms with van der Waals surface area (Å²) in [6.45, 7) is 0.160. The van der Waals surface area contributed by atoms with Crippen molar-refractivity contribution in [3.05, 3.63) is 70.5 Å². The summed E-state index contributed by atoms with van der Waals surface area (Å²) >= 11 is 3.44. The second kappa shape index (κ2) is 6.97. The van der Waals surface area contributed by atoms with Crippen LogP contribution in [0.25, 0.3) is 16.7 Å².